The number of aliphatic carboxylic acids is 1. The second kappa shape index (κ2) is 12.3. The zero-order valence-corrected chi connectivity index (χ0v) is 23.4. The smallest absolute Gasteiger partial charge is 0.475 e. The highest BCUT2D eigenvalue weighted by atomic mass is 35.5. The Hall–Kier alpha value is -3.92. The number of hydrogen-bond acceptors (Lipinski definition) is 8. The van der Waals surface area contributed by atoms with E-state index < -0.39 is 22.2 Å². The van der Waals surface area contributed by atoms with Gasteiger partial charge in [0.25, 0.3) is 15.9 Å². The third kappa shape index (κ3) is 7.85. The molecule has 3 heterocycles. The van der Waals surface area contributed by atoms with Crippen LogP contribution in [0.5, 0.6) is 0 Å². The Labute approximate surface area is 243 Å². The van der Waals surface area contributed by atoms with Gasteiger partial charge in [0.2, 0.25) is 0 Å². The average molecular weight is 641 g/mol. The van der Waals surface area contributed by atoms with Gasteiger partial charge in [-0.1, -0.05) is 29.8 Å². The molecule has 4 aromatic rings. The number of thiophene rings is 1. The van der Waals surface area contributed by atoms with Crippen molar-refractivity contribution in [3.63, 3.8) is 0 Å². The van der Waals surface area contributed by atoms with E-state index in [1.165, 1.54) is 23.9 Å². The van der Waals surface area contributed by atoms with Crippen molar-refractivity contribution < 1.29 is 36.3 Å². The second-order valence-electron chi connectivity index (χ2n) is 7.94. The van der Waals surface area contributed by atoms with Crippen LogP contribution < -0.4 is 10.0 Å². The molecule has 1 fully saturated rings. The zero-order valence-electron chi connectivity index (χ0n) is 20.2. The first-order chi connectivity index (χ1) is 19.3. The predicted octanol–water partition coefficient (Wildman–Crippen LogP) is 6.28. The number of alkyl halides is 3. The van der Waals surface area contributed by atoms with Gasteiger partial charge in [0.05, 0.1) is 26.8 Å². The Balaban J connectivity index is 0.000000493. The number of rotatable bonds is 5. The summed E-state index contributed by atoms with van der Waals surface area (Å²) >= 11 is 8.58. The SMILES string of the molecule is O=C(O)C(F)(F)F.O=C1NC(=Nc2cc(NS(=O)(=O)c3cccs3)ccc2Cl)S/C1=C\c1ccc2ncccc2c1. The number of hydrogen-bond donors (Lipinski definition) is 3. The molecule has 0 saturated carbocycles. The van der Waals surface area contributed by atoms with Crippen LogP contribution in [-0.2, 0) is 19.6 Å². The number of sulfonamides is 1. The van der Waals surface area contributed by atoms with E-state index in [0.29, 0.717) is 26.5 Å². The molecule has 0 radical (unpaired) electrons. The maximum atomic E-state index is 12.5. The molecule has 0 bridgehead atoms. The third-order valence-corrected chi connectivity index (χ3v) is 9.01. The van der Waals surface area contributed by atoms with Crippen LogP contribution in [-0.4, -0.2) is 41.7 Å². The number of benzene rings is 2. The van der Waals surface area contributed by atoms with Crippen molar-refractivity contribution in [1.82, 2.24) is 10.3 Å². The quantitative estimate of drug-likeness (QED) is 0.218. The van der Waals surface area contributed by atoms with Crippen LogP contribution in [0.1, 0.15) is 5.56 Å². The number of aromatic nitrogens is 1. The third-order valence-electron chi connectivity index (χ3n) is 5.00. The minimum atomic E-state index is -5.08. The molecule has 2 aromatic heterocycles. The minimum absolute atomic E-state index is 0.202. The normalized spacial score (nSPS) is 15.5. The zero-order chi connectivity index (χ0) is 29.8. The van der Waals surface area contributed by atoms with Gasteiger partial charge in [-0.3, -0.25) is 14.5 Å². The molecule has 16 heteroatoms. The molecule has 1 saturated heterocycles. The number of amidine groups is 1. The van der Waals surface area contributed by atoms with Crippen molar-refractivity contribution in [2.24, 2.45) is 4.99 Å². The van der Waals surface area contributed by atoms with Crippen molar-refractivity contribution in [2.75, 3.05) is 4.72 Å². The Kier molecular flexibility index (Phi) is 9.01. The topological polar surface area (TPSA) is 138 Å². The van der Waals surface area contributed by atoms with Gasteiger partial charge >= 0.3 is 12.1 Å². The molecule has 41 heavy (non-hydrogen) atoms. The number of carboxylic acids is 1. The molecular formula is C25H16ClF3N4O5S3. The molecular weight excluding hydrogens is 625 g/mol. The summed E-state index contributed by atoms with van der Waals surface area (Å²) in [6.07, 6.45) is -1.57. The highest BCUT2D eigenvalue weighted by Gasteiger charge is 2.38. The van der Waals surface area contributed by atoms with E-state index in [1.807, 2.05) is 30.3 Å². The summed E-state index contributed by atoms with van der Waals surface area (Å²) in [4.78, 5) is 30.6. The maximum Gasteiger partial charge on any atom is 0.490 e. The van der Waals surface area contributed by atoms with E-state index in [0.717, 1.165) is 27.8 Å². The van der Waals surface area contributed by atoms with E-state index >= 15 is 0 Å². The lowest BCUT2D eigenvalue weighted by molar-refractivity contribution is -0.192. The summed E-state index contributed by atoms with van der Waals surface area (Å²) in [6, 6.07) is 17.4. The van der Waals surface area contributed by atoms with Crippen molar-refractivity contribution in [3.05, 3.63) is 87.7 Å². The van der Waals surface area contributed by atoms with Gasteiger partial charge in [0.1, 0.15) is 4.21 Å². The fourth-order valence-electron chi connectivity index (χ4n) is 3.21. The van der Waals surface area contributed by atoms with Crippen molar-refractivity contribution in [2.45, 2.75) is 10.4 Å². The van der Waals surface area contributed by atoms with E-state index in [2.05, 4.69) is 20.0 Å². The second-order valence-corrected chi connectivity index (χ2v) is 12.2. The molecule has 1 aliphatic rings. The number of carboxylic acid groups (broad SMARTS) is 1. The highest BCUT2D eigenvalue weighted by molar-refractivity contribution is 8.18. The van der Waals surface area contributed by atoms with E-state index in [4.69, 9.17) is 21.5 Å². The summed E-state index contributed by atoms with van der Waals surface area (Å²) < 4.78 is 59.5. The van der Waals surface area contributed by atoms with Crippen LogP contribution in [0.4, 0.5) is 24.5 Å². The average Bonchev–Trinajstić information content (AvgIpc) is 3.57. The molecule has 0 aliphatic carbocycles. The summed E-state index contributed by atoms with van der Waals surface area (Å²) in [6.45, 7) is 0. The Morgan fingerprint density at radius 3 is 2.56 bits per heavy atom. The number of aliphatic imine (C=N–C) groups is 1. The standard InChI is InChI=1S/C23H15ClN4O3S3.C2HF3O2/c24-17-7-6-16(28-34(30,31)21-4-2-10-32-21)13-19(17)26-23-27-22(29)20(33-23)12-14-5-8-18-15(11-14)3-1-9-25-18;3-2(4,5)1(6)7/h1-13,28H,(H,26,27,29);(H,6,7)/b20-12-;. The number of nitrogens with zero attached hydrogens (tertiary/aromatic N) is 2. The van der Waals surface area contributed by atoms with Gasteiger partial charge in [-0.2, -0.15) is 13.2 Å². The summed E-state index contributed by atoms with van der Waals surface area (Å²) in [7, 11) is -3.71. The maximum absolute atomic E-state index is 12.5. The summed E-state index contributed by atoms with van der Waals surface area (Å²) in [5, 5.41) is 13.2. The Morgan fingerprint density at radius 1 is 1.12 bits per heavy atom. The van der Waals surface area contributed by atoms with Crippen LogP contribution in [0.15, 0.2) is 86.3 Å². The largest absolute Gasteiger partial charge is 0.490 e. The monoisotopic (exact) mass is 640 g/mol. The highest BCUT2D eigenvalue weighted by Crippen LogP contribution is 2.33. The predicted molar refractivity (Wildman–Crippen MR) is 153 cm³/mol. The molecule has 3 N–H and O–H groups in total. The van der Waals surface area contributed by atoms with Gasteiger partial charge in [0, 0.05) is 11.6 Å². The number of halogens is 4. The lowest BCUT2D eigenvalue weighted by Crippen LogP contribution is -2.21. The lowest BCUT2D eigenvalue weighted by Gasteiger charge is -2.08. The molecule has 212 valence electrons. The van der Waals surface area contributed by atoms with Crippen molar-refractivity contribution in [3.8, 4) is 0 Å². The molecule has 0 spiro atoms. The Morgan fingerprint density at radius 2 is 1.88 bits per heavy atom. The molecule has 0 unspecified atom stereocenters. The number of pyridine rings is 1. The first kappa shape index (κ1) is 30.0. The van der Waals surface area contributed by atoms with Gasteiger partial charge in [-0.25, -0.2) is 18.2 Å². The van der Waals surface area contributed by atoms with E-state index in [1.54, 1.807) is 35.9 Å². The van der Waals surface area contributed by atoms with Crippen LogP contribution in [0, 0.1) is 0 Å². The molecule has 1 aliphatic heterocycles. The summed E-state index contributed by atoms with van der Waals surface area (Å²) in [5.41, 5.74) is 2.38. The number of carbonyl (C=O) groups is 2. The number of nitrogens with one attached hydrogen (secondary N) is 2. The number of carbonyl (C=O) groups excluding carboxylic acids is 1. The molecule has 5 rings (SSSR count). The van der Waals surface area contributed by atoms with Crippen molar-refractivity contribution >= 4 is 90.1 Å². The van der Waals surface area contributed by atoms with Crippen LogP contribution in [0.25, 0.3) is 17.0 Å². The first-order valence-corrected chi connectivity index (χ1v) is 14.7. The van der Waals surface area contributed by atoms with Crippen LogP contribution in [0.2, 0.25) is 5.02 Å². The molecule has 2 aromatic carbocycles. The first-order valence-electron chi connectivity index (χ1n) is 11.1. The van der Waals surface area contributed by atoms with Gasteiger partial charge in [-0.05, 0) is 71.2 Å². The number of fused-ring (bicyclic) bond motifs is 1. The molecule has 0 atom stereocenters. The molecule has 1 amide bonds. The van der Waals surface area contributed by atoms with Gasteiger partial charge in [-0.15, -0.1) is 11.3 Å². The number of amides is 1. The van der Waals surface area contributed by atoms with Gasteiger partial charge in [0.15, 0.2) is 5.17 Å². The Bertz CT molecular complexity index is 1790. The fraction of sp³-hybridized carbons (Fsp3) is 0.0400. The van der Waals surface area contributed by atoms with Gasteiger partial charge < -0.3 is 10.4 Å². The number of anilines is 1. The van der Waals surface area contributed by atoms with Crippen molar-refractivity contribution in [1.29, 1.82) is 0 Å². The lowest BCUT2D eigenvalue weighted by atomic mass is 10.1. The fourth-order valence-corrected chi connectivity index (χ4v) is 6.25. The van der Waals surface area contributed by atoms with Crippen LogP contribution >= 0.6 is 34.7 Å². The minimum Gasteiger partial charge on any atom is -0.475 e. The summed E-state index contributed by atoms with van der Waals surface area (Å²) in [5.74, 6) is -3.03. The van der Waals surface area contributed by atoms with E-state index in [-0.39, 0.29) is 10.1 Å². The van der Waals surface area contributed by atoms with E-state index in [9.17, 15) is 26.4 Å². The number of thioether (sulfide) groups is 1. The molecule has 9 nitrogen and oxygen atoms in total. The van der Waals surface area contributed by atoms with Crippen LogP contribution in [0.3, 0.4) is 0 Å².